The summed E-state index contributed by atoms with van der Waals surface area (Å²) in [7, 11) is 1.57. The van der Waals surface area contributed by atoms with E-state index in [1.54, 1.807) is 18.1 Å². The minimum atomic E-state index is -0.579. The van der Waals surface area contributed by atoms with Gasteiger partial charge in [0.25, 0.3) is 5.91 Å². The fourth-order valence-electron chi connectivity index (χ4n) is 3.81. The van der Waals surface area contributed by atoms with Gasteiger partial charge in [0.05, 0.1) is 38.5 Å². The molecule has 1 fully saturated rings. The van der Waals surface area contributed by atoms with Gasteiger partial charge in [-0.15, -0.1) is 0 Å². The Balaban J connectivity index is 1.79. The van der Waals surface area contributed by atoms with Crippen LogP contribution in [0.2, 0.25) is 0 Å². The smallest absolute Gasteiger partial charge is 0.290 e. The van der Waals surface area contributed by atoms with Crippen LogP contribution in [-0.2, 0) is 14.3 Å². The number of nitrogens with one attached hydrogen (secondary N) is 1. The molecule has 0 bridgehead atoms. The number of methoxy groups -OCH3 is 1. The van der Waals surface area contributed by atoms with Gasteiger partial charge in [-0.3, -0.25) is 9.59 Å². The Labute approximate surface area is 159 Å². The van der Waals surface area contributed by atoms with Crippen LogP contribution in [0.1, 0.15) is 24.9 Å². The molecule has 2 heterocycles. The number of nitrogens with zero attached hydrogens (tertiary/aromatic N) is 1. The van der Waals surface area contributed by atoms with E-state index in [2.05, 4.69) is 0 Å². The molecule has 1 amide bonds. The Bertz CT molecular complexity index is 740. The van der Waals surface area contributed by atoms with Crippen molar-refractivity contribution in [2.75, 3.05) is 46.5 Å². The minimum Gasteiger partial charge on any atom is -0.503 e. The highest BCUT2D eigenvalue weighted by atomic mass is 16.5. The lowest BCUT2D eigenvalue weighted by Crippen LogP contribution is -3.14. The van der Waals surface area contributed by atoms with E-state index in [1.807, 2.05) is 18.2 Å². The number of quaternary nitrogens is 1. The molecule has 7 nitrogen and oxygen atoms in total. The average molecular weight is 375 g/mol. The van der Waals surface area contributed by atoms with Crippen LogP contribution in [0.15, 0.2) is 35.6 Å². The molecule has 3 rings (SSSR count). The number of Topliss-reactive ketones (excluding diaryl/α,β-unsaturated/α-hetero) is 1. The van der Waals surface area contributed by atoms with Crippen LogP contribution in [0.4, 0.5) is 0 Å². The maximum atomic E-state index is 12.6. The summed E-state index contributed by atoms with van der Waals surface area (Å²) >= 11 is 0. The number of hydrogen-bond donors (Lipinski definition) is 2. The van der Waals surface area contributed by atoms with Crippen molar-refractivity contribution < 1.29 is 29.1 Å². The van der Waals surface area contributed by atoms with Crippen LogP contribution < -0.4 is 9.64 Å². The van der Waals surface area contributed by atoms with Crippen molar-refractivity contribution in [2.24, 2.45) is 0 Å². The van der Waals surface area contributed by atoms with Crippen LogP contribution in [0.3, 0.4) is 0 Å². The normalized spacial score (nSPS) is 21.0. The highest BCUT2D eigenvalue weighted by Crippen LogP contribution is 2.38. The van der Waals surface area contributed by atoms with E-state index in [0.717, 1.165) is 44.8 Å². The summed E-state index contributed by atoms with van der Waals surface area (Å²) in [5.41, 5.74) is 0.919. The molecule has 1 saturated heterocycles. The lowest BCUT2D eigenvalue weighted by atomic mass is 9.96. The second-order valence-corrected chi connectivity index (χ2v) is 6.96. The molecule has 0 aromatic heterocycles. The number of rotatable bonds is 7. The van der Waals surface area contributed by atoms with Gasteiger partial charge in [0, 0.05) is 13.0 Å². The van der Waals surface area contributed by atoms with Crippen molar-refractivity contribution in [2.45, 2.75) is 19.4 Å². The maximum Gasteiger partial charge on any atom is 0.290 e. The van der Waals surface area contributed by atoms with Gasteiger partial charge in [-0.25, -0.2) is 0 Å². The molecule has 7 heteroatoms. The van der Waals surface area contributed by atoms with E-state index >= 15 is 0 Å². The van der Waals surface area contributed by atoms with Crippen molar-refractivity contribution in [3.05, 3.63) is 41.2 Å². The zero-order chi connectivity index (χ0) is 19.4. The Hall–Kier alpha value is -2.38. The molecule has 27 heavy (non-hydrogen) atoms. The summed E-state index contributed by atoms with van der Waals surface area (Å²) in [6, 6.07) is 6.71. The van der Waals surface area contributed by atoms with Crippen LogP contribution in [0, 0.1) is 0 Å². The van der Waals surface area contributed by atoms with E-state index in [4.69, 9.17) is 9.47 Å². The Morgan fingerprint density at radius 2 is 2.11 bits per heavy atom. The summed E-state index contributed by atoms with van der Waals surface area (Å²) in [6.45, 7) is 6.25. The standard InChI is InChI=1S/C20H26N2O5/c1-14(23)17-18(15-5-3-6-16(13-15)26-2)22(20(25)19(17)24)8-4-7-21-9-11-27-12-10-21/h3,5-6,13,18,24H,4,7-12H2,1-2H3/p+1/t18-/m1/s1. The largest absolute Gasteiger partial charge is 0.503 e. The van der Waals surface area contributed by atoms with E-state index in [1.165, 1.54) is 11.8 Å². The lowest BCUT2D eigenvalue weighted by Gasteiger charge is -2.28. The van der Waals surface area contributed by atoms with Gasteiger partial charge in [-0.1, -0.05) is 12.1 Å². The molecule has 1 atom stereocenters. The predicted molar refractivity (Wildman–Crippen MR) is 98.8 cm³/mol. The van der Waals surface area contributed by atoms with Gasteiger partial charge in [0.2, 0.25) is 0 Å². The molecule has 0 radical (unpaired) electrons. The van der Waals surface area contributed by atoms with E-state index in [9.17, 15) is 14.7 Å². The first-order chi connectivity index (χ1) is 13.0. The summed E-state index contributed by atoms with van der Waals surface area (Å²) in [5.74, 6) is -0.569. The van der Waals surface area contributed by atoms with Crippen molar-refractivity contribution in [1.29, 1.82) is 0 Å². The fraction of sp³-hybridized carbons (Fsp3) is 0.500. The van der Waals surface area contributed by atoms with Crippen molar-refractivity contribution in [3.63, 3.8) is 0 Å². The summed E-state index contributed by atoms with van der Waals surface area (Å²) in [5, 5.41) is 10.3. The number of carbonyl (C=O) groups is 2. The summed E-state index contributed by atoms with van der Waals surface area (Å²) in [4.78, 5) is 27.9. The Morgan fingerprint density at radius 3 is 2.78 bits per heavy atom. The predicted octanol–water partition coefficient (Wildman–Crippen LogP) is 0.285. The first kappa shape index (κ1) is 19.4. The van der Waals surface area contributed by atoms with E-state index < -0.39 is 17.7 Å². The third kappa shape index (κ3) is 4.14. The number of amides is 1. The fourth-order valence-corrected chi connectivity index (χ4v) is 3.81. The zero-order valence-corrected chi connectivity index (χ0v) is 15.9. The SMILES string of the molecule is COc1cccc([C@@H]2C(C(C)=O)=C(O)C(=O)N2CCC[NH+]2CCOCC2)c1. The summed E-state index contributed by atoms with van der Waals surface area (Å²) < 4.78 is 10.7. The van der Waals surface area contributed by atoms with Crippen LogP contribution in [0.25, 0.3) is 0 Å². The molecule has 2 aliphatic rings. The third-order valence-electron chi connectivity index (χ3n) is 5.22. The molecule has 0 unspecified atom stereocenters. The molecule has 146 valence electrons. The number of aliphatic hydroxyl groups is 1. The molecular formula is C20H27N2O5+. The van der Waals surface area contributed by atoms with Gasteiger partial charge < -0.3 is 24.4 Å². The second-order valence-electron chi connectivity index (χ2n) is 6.96. The molecule has 0 saturated carbocycles. The summed E-state index contributed by atoms with van der Waals surface area (Å²) in [6.07, 6.45) is 0.792. The monoisotopic (exact) mass is 375 g/mol. The van der Waals surface area contributed by atoms with Crippen LogP contribution >= 0.6 is 0 Å². The third-order valence-corrected chi connectivity index (χ3v) is 5.22. The van der Waals surface area contributed by atoms with Gasteiger partial charge >= 0.3 is 0 Å². The molecule has 0 spiro atoms. The number of morpholine rings is 1. The van der Waals surface area contributed by atoms with E-state index in [0.29, 0.717) is 12.3 Å². The molecular weight excluding hydrogens is 348 g/mol. The average Bonchev–Trinajstić information content (AvgIpc) is 2.94. The molecule has 1 aromatic rings. The highest BCUT2D eigenvalue weighted by Gasteiger charge is 2.42. The number of ether oxygens (including phenoxy) is 2. The molecule has 2 aliphatic heterocycles. The molecule has 2 N–H and O–H groups in total. The topological polar surface area (TPSA) is 80.5 Å². The van der Waals surface area contributed by atoms with Crippen molar-refractivity contribution in [3.8, 4) is 5.75 Å². The minimum absolute atomic E-state index is 0.159. The van der Waals surface area contributed by atoms with Gasteiger partial charge in [-0.2, -0.15) is 0 Å². The first-order valence-corrected chi connectivity index (χ1v) is 9.33. The Kier molecular flexibility index (Phi) is 6.13. The van der Waals surface area contributed by atoms with Gasteiger partial charge in [0.15, 0.2) is 11.5 Å². The van der Waals surface area contributed by atoms with Crippen LogP contribution in [0.5, 0.6) is 5.75 Å². The second kappa shape index (κ2) is 8.54. The lowest BCUT2D eigenvalue weighted by molar-refractivity contribution is -0.908. The maximum absolute atomic E-state index is 12.6. The van der Waals surface area contributed by atoms with Crippen molar-refractivity contribution >= 4 is 11.7 Å². The van der Waals surface area contributed by atoms with Gasteiger partial charge in [0.1, 0.15) is 18.8 Å². The van der Waals surface area contributed by atoms with Crippen molar-refractivity contribution in [1.82, 2.24) is 4.90 Å². The van der Waals surface area contributed by atoms with Gasteiger partial charge in [-0.05, 0) is 24.6 Å². The highest BCUT2D eigenvalue weighted by molar-refractivity contribution is 6.08. The van der Waals surface area contributed by atoms with Crippen LogP contribution in [-0.4, -0.2) is 68.2 Å². The number of hydrogen-bond acceptors (Lipinski definition) is 5. The number of carbonyl (C=O) groups excluding carboxylic acids is 2. The first-order valence-electron chi connectivity index (χ1n) is 9.33. The number of ketones is 1. The Morgan fingerprint density at radius 1 is 1.37 bits per heavy atom. The number of benzene rings is 1. The zero-order valence-electron chi connectivity index (χ0n) is 15.9. The molecule has 0 aliphatic carbocycles. The quantitative estimate of drug-likeness (QED) is 0.716. The molecule has 1 aromatic carbocycles. The number of aliphatic hydroxyl groups excluding tert-OH is 1. The van der Waals surface area contributed by atoms with E-state index in [-0.39, 0.29) is 11.4 Å².